The largest absolute Gasteiger partial charge is 0.378 e. The Morgan fingerprint density at radius 2 is 1.19 bits per heavy atom. The molecule has 1 saturated heterocycles. The van der Waals surface area contributed by atoms with Crippen molar-refractivity contribution in [1.29, 1.82) is 0 Å². The van der Waals surface area contributed by atoms with Gasteiger partial charge >= 0.3 is 0 Å². The van der Waals surface area contributed by atoms with Crippen LogP contribution in [0.2, 0.25) is 0 Å². The van der Waals surface area contributed by atoms with Gasteiger partial charge in [-0.15, -0.1) is 23.5 Å². The molecule has 0 radical (unpaired) electrons. The van der Waals surface area contributed by atoms with Crippen LogP contribution in [-0.2, 0) is 9.47 Å². The SMILES string of the molecule is C1CCCC(N2CSCCOCCOCCSC2)CCC1. The van der Waals surface area contributed by atoms with E-state index < -0.39 is 0 Å². The summed E-state index contributed by atoms with van der Waals surface area (Å²) in [4.78, 5) is 2.72. The predicted molar refractivity (Wildman–Crippen MR) is 94.2 cm³/mol. The molecule has 0 amide bonds. The molecule has 5 heteroatoms. The molecule has 0 N–H and O–H groups in total. The van der Waals surface area contributed by atoms with Crippen LogP contribution in [0.15, 0.2) is 0 Å². The van der Waals surface area contributed by atoms with Crippen LogP contribution in [-0.4, -0.2) is 60.6 Å². The molecule has 2 fully saturated rings. The zero-order valence-electron chi connectivity index (χ0n) is 13.3. The highest BCUT2D eigenvalue weighted by atomic mass is 32.2. The van der Waals surface area contributed by atoms with Crippen LogP contribution in [0.1, 0.15) is 44.9 Å². The Morgan fingerprint density at radius 1 is 0.667 bits per heavy atom. The van der Waals surface area contributed by atoms with E-state index in [1.54, 1.807) is 0 Å². The molecule has 0 aromatic heterocycles. The van der Waals surface area contributed by atoms with Gasteiger partial charge < -0.3 is 9.47 Å². The molecule has 0 bridgehead atoms. The summed E-state index contributed by atoms with van der Waals surface area (Å²) in [6.07, 6.45) is 9.96. The maximum Gasteiger partial charge on any atom is 0.0700 e. The van der Waals surface area contributed by atoms with Crippen molar-refractivity contribution in [1.82, 2.24) is 4.90 Å². The summed E-state index contributed by atoms with van der Waals surface area (Å²) < 4.78 is 11.2. The number of hydrogen-bond acceptors (Lipinski definition) is 5. The van der Waals surface area contributed by atoms with Crippen molar-refractivity contribution in [3.05, 3.63) is 0 Å². The summed E-state index contributed by atoms with van der Waals surface area (Å²) in [5.74, 6) is 4.55. The second kappa shape index (κ2) is 12.1. The molecule has 0 unspecified atom stereocenters. The van der Waals surface area contributed by atoms with Gasteiger partial charge in [0.25, 0.3) is 0 Å². The van der Waals surface area contributed by atoms with Crippen LogP contribution >= 0.6 is 23.5 Å². The maximum absolute atomic E-state index is 5.59. The third-order valence-electron chi connectivity index (χ3n) is 4.22. The number of thioether (sulfide) groups is 2. The lowest BCUT2D eigenvalue weighted by Crippen LogP contribution is -2.35. The molecule has 21 heavy (non-hydrogen) atoms. The van der Waals surface area contributed by atoms with Crippen LogP contribution in [0, 0.1) is 0 Å². The summed E-state index contributed by atoms with van der Waals surface area (Å²) in [6.45, 7) is 3.22. The molecular weight excluding hydrogens is 302 g/mol. The number of hydrogen-bond donors (Lipinski definition) is 0. The van der Waals surface area contributed by atoms with Crippen molar-refractivity contribution >= 4 is 23.5 Å². The summed E-state index contributed by atoms with van der Waals surface area (Å²) >= 11 is 4.07. The molecule has 2 rings (SSSR count). The van der Waals surface area contributed by atoms with E-state index in [4.69, 9.17) is 9.47 Å². The molecule has 0 atom stereocenters. The zero-order valence-corrected chi connectivity index (χ0v) is 14.9. The normalized spacial score (nSPS) is 26.9. The molecule has 1 heterocycles. The summed E-state index contributed by atoms with van der Waals surface area (Å²) in [7, 11) is 0. The van der Waals surface area contributed by atoms with Gasteiger partial charge in [-0.1, -0.05) is 32.1 Å². The molecule has 124 valence electrons. The lowest BCUT2D eigenvalue weighted by molar-refractivity contribution is 0.0605. The van der Waals surface area contributed by atoms with Crippen LogP contribution in [0.25, 0.3) is 0 Å². The fraction of sp³-hybridized carbons (Fsp3) is 1.00. The van der Waals surface area contributed by atoms with E-state index in [0.29, 0.717) is 0 Å². The smallest absolute Gasteiger partial charge is 0.0700 e. The molecule has 2 aliphatic rings. The third kappa shape index (κ3) is 8.12. The zero-order chi connectivity index (χ0) is 14.6. The minimum Gasteiger partial charge on any atom is -0.378 e. The molecule has 0 spiro atoms. The van der Waals surface area contributed by atoms with E-state index in [0.717, 1.165) is 44.0 Å². The highest BCUT2D eigenvalue weighted by molar-refractivity contribution is 8.00. The standard InChI is InChI=1S/C16H31NO2S2/c1-2-4-6-16(7-5-3-1)17-14-20-12-10-18-8-9-19-11-13-21-15-17/h16H,1-15H2. The molecule has 1 saturated carbocycles. The van der Waals surface area contributed by atoms with Gasteiger partial charge in [0.2, 0.25) is 0 Å². The summed E-state index contributed by atoms with van der Waals surface area (Å²) in [5.41, 5.74) is 0. The fourth-order valence-electron chi connectivity index (χ4n) is 2.97. The first-order valence-corrected chi connectivity index (χ1v) is 10.8. The average molecular weight is 334 g/mol. The minimum absolute atomic E-state index is 0.748. The Labute approximate surface area is 138 Å². The van der Waals surface area contributed by atoms with E-state index in [-0.39, 0.29) is 0 Å². The Kier molecular flexibility index (Phi) is 10.3. The van der Waals surface area contributed by atoms with Crippen LogP contribution in [0.5, 0.6) is 0 Å². The Balaban J connectivity index is 1.79. The summed E-state index contributed by atoms with van der Waals surface area (Å²) in [5, 5.41) is 0. The van der Waals surface area contributed by atoms with Gasteiger partial charge in [-0.3, -0.25) is 4.90 Å². The van der Waals surface area contributed by atoms with Crippen molar-refractivity contribution in [2.45, 2.75) is 51.0 Å². The highest BCUT2D eigenvalue weighted by Crippen LogP contribution is 2.24. The molecule has 0 aromatic carbocycles. The lowest BCUT2D eigenvalue weighted by Gasteiger charge is -2.32. The van der Waals surface area contributed by atoms with Crippen molar-refractivity contribution in [3.63, 3.8) is 0 Å². The minimum atomic E-state index is 0.748. The Bertz CT molecular complexity index is 234. The van der Waals surface area contributed by atoms with Gasteiger partial charge in [0.15, 0.2) is 0 Å². The second-order valence-corrected chi connectivity index (χ2v) is 8.04. The first kappa shape index (κ1) is 17.9. The monoisotopic (exact) mass is 333 g/mol. The third-order valence-corrected chi connectivity index (χ3v) is 6.16. The molecule has 0 aromatic rings. The lowest BCUT2D eigenvalue weighted by atomic mass is 9.96. The van der Waals surface area contributed by atoms with Gasteiger partial charge in [0, 0.05) is 29.3 Å². The van der Waals surface area contributed by atoms with E-state index in [2.05, 4.69) is 4.90 Å². The first-order chi connectivity index (χ1) is 10.5. The Morgan fingerprint density at radius 3 is 1.76 bits per heavy atom. The second-order valence-electron chi connectivity index (χ2n) is 5.89. The van der Waals surface area contributed by atoms with Crippen LogP contribution < -0.4 is 0 Å². The van der Waals surface area contributed by atoms with E-state index in [9.17, 15) is 0 Å². The maximum atomic E-state index is 5.59. The van der Waals surface area contributed by atoms with Crippen molar-refractivity contribution in [3.8, 4) is 0 Å². The number of rotatable bonds is 1. The molecule has 1 aliphatic heterocycles. The summed E-state index contributed by atoms with van der Waals surface area (Å²) in [6, 6.07) is 0.803. The van der Waals surface area contributed by atoms with E-state index in [1.807, 2.05) is 23.5 Å². The fourth-order valence-corrected chi connectivity index (χ4v) is 4.89. The van der Waals surface area contributed by atoms with Gasteiger partial charge in [0.05, 0.1) is 26.4 Å². The van der Waals surface area contributed by atoms with E-state index >= 15 is 0 Å². The topological polar surface area (TPSA) is 21.7 Å². The van der Waals surface area contributed by atoms with Crippen LogP contribution in [0.4, 0.5) is 0 Å². The molecule has 3 nitrogen and oxygen atoms in total. The molecular formula is C16H31NO2S2. The van der Waals surface area contributed by atoms with Crippen molar-refractivity contribution < 1.29 is 9.47 Å². The van der Waals surface area contributed by atoms with Crippen LogP contribution in [0.3, 0.4) is 0 Å². The quantitative estimate of drug-likeness (QED) is 0.725. The Hall–Kier alpha value is 0.580. The van der Waals surface area contributed by atoms with Gasteiger partial charge in [-0.25, -0.2) is 0 Å². The van der Waals surface area contributed by atoms with Gasteiger partial charge in [-0.05, 0) is 12.8 Å². The van der Waals surface area contributed by atoms with E-state index in [1.165, 1.54) is 56.7 Å². The first-order valence-electron chi connectivity index (χ1n) is 8.52. The predicted octanol–water partition coefficient (Wildman–Crippen LogP) is 3.83. The molecule has 1 aliphatic carbocycles. The average Bonchev–Trinajstić information content (AvgIpc) is 2.48. The van der Waals surface area contributed by atoms with Crippen molar-refractivity contribution in [2.24, 2.45) is 0 Å². The van der Waals surface area contributed by atoms with Crippen molar-refractivity contribution in [2.75, 3.05) is 49.7 Å². The number of nitrogens with zero attached hydrogens (tertiary/aromatic N) is 1. The van der Waals surface area contributed by atoms with Gasteiger partial charge in [0.1, 0.15) is 0 Å². The van der Waals surface area contributed by atoms with Gasteiger partial charge in [-0.2, -0.15) is 0 Å². The highest BCUT2D eigenvalue weighted by Gasteiger charge is 2.19. The number of ether oxygens (including phenoxy) is 2.